The molecule has 27 heavy (non-hydrogen) atoms. The zero-order valence-electron chi connectivity index (χ0n) is 15.6. The molecule has 0 aliphatic carbocycles. The summed E-state index contributed by atoms with van der Waals surface area (Å²) in [5, 5.41) is 2.88. The highest BCUT2D eigenvalue weighted by Gasteiger charge is 2.33. The maximum absolute atomic E-state index is 13.0. The van der Waals surface area contributed by atoms with Gasteiger partial charge in [0.15, 0.2) is 0 Å². The van der Waals surface area contributed by atoms with Crippen molar-refractivity contribution in [2.45, 2.75) is 38.9 Å². The Morgan fingerprint density at radius 3 is 2.85 bits per heavy atom. The van der Waals surface area contributed by atoms with E-state index in [1.165, 1.54) is 0 Å². The maximum atomic E-state index is 13.0. The van der Waals surface area contributed by atoms with Crippen molar-refractivity contribution in [3.63, 3.8) is 0 Å². The van der Waals surface area contributed by atoms with Crippen LogP contribution in [0.1, 0.15) is 30.9 Å². The fraction of sp³-hybridized carbons (Fsp3) is 0.450. The summed E-state index contributed by atoms with van der Waals surface area (Å²) in [5.41, 5.74) is 2.04. The molecule has 7 heteroatoms. The molecule has 0 aromatic carbocycles. The van der Waals surface area contributed by atoms with Gasteiger partial charge >= 0.3 is 0 Å². The topological polar surface area (TPSA) is 78.7 Å². The number of rotatable bonds is 8. The second-order valence-corrected chi connectivity index (χ2v) is 6.78. The number of piperazine rings is 1. The van der Waals surface area contributed by atoms with Gasteiger partial charge in [-0.1, -0.05) is 6.92 Å². The minimum absolute atomic E-state index is 0.00657. The fourth-order valence-corrected chi connectivity index (χ4v) is 3.36. The Kier molecular flexibility index (Phi) is 6.59. The quantitative estimate of drug-likeness (QED) is 0.767. The van der Waals surface area contributed by atoms with Gasteiger partial charge in [0.25, 0.3) is 0 Å². The number of hydrogen-bond acceptors (Lipinski definition) is 5. The molecule has 1 N–H and O–H groups in total. The standard InChI is InChI=1S/C20H26N4O3/c1-2-9-24(13-16-3-6-21-7-4-16)19(25)12-18-20(26)22-8-10-23(18)14-17-5-11-27-15-17/h3-7,11,15,18H,2,8-10,12-14H2,1H3,(H,22,26)/t18-/m0/s1. The third kappa shape index (κ3) is 5.17. The lowest BCUT2D eigenvalue weighted by Crippen LogP contribution is -2.56. The summed E-state index contributed by atoms with van der Waals surface area (Å²) in [6, 6.07) is 5.25. The van der Waals surface area contributed by atoms with Crippen LogP contribution in [0.3, 0.4) is 0 Å². The van der Waals surface area contributed by atoms with Gasteiger partial charge in [0.1, 0.15) is 0 Å². The number of hydrogen-bond donors (Lipinski definition) is 1. The highest BCUT2D eigenvalue weighted by atomic mass is 16.3. The highest BCUT2D eigenvalue weighted by Crippen LogP contribution is 2.16. The van der Waals surface area contributed by atoms with Gasteiger partial charge in [0.2, 0.25) is 11.8 Å². The normalized spacial score (nSPS) is 17.5. The second kappa shape index (κ2) is 9.32. The van der Waals surface area contributed by atoms with E-state index in [0.29, 0.717) is 32.7 Å². The van der Waals surface area contributed by atoms with Crippen LogP contribution in [-0.4, -0.2) is 52.3 Å². The van der Waals surface area contributed by atoms with Crippen LogP contribution in [0.4, 0.5) is 0 Å². The summed E-state index contributed by atoms with van der Waals surface area (Å²) < 4.78 is 5.13. The van der Waals surface area contributed by atoms with E-state index in [9.17, 15) is 9.59 Å². The van der Waals surface area contributed by atoms with Crippen LogP contribution in [0.5, 0.6) is 0 Å². The Morgan fingerprint density at radius 2 is 2.15 bits per heavy atom. The monoisotopic (exact) mass is 370 g/mol. The van der Waals surface area contributed by atoms with Crippen molar-refractivity contribution in [3.8, 4) is 0 Å². The average molecular weight is 370 g/mol. The van der Waals surface area contributed by atoms with E-state index in [1.807, 2.05) is 30.0 Å². The summed E-state index contributed by atoms with van der Waals surface area (Å²) in [4.78, 5) is 33.3. The molecule has 0 spiro atoms. The zero-order valence-corrected chi connectivity index (χ0v) is 15.6. The van der Waals surface area contributed by atoms with Crippen molar-refractivity contribution >= 4 is 11.8 Å². The third-order valence-corrected chi connectivity index (χ3v) is 4.74. The molecular weight excluding hydrogens is 344 g/mol. The van der Waals surface area contributed by atoms with E-state index in [1.54, 1.807) is 24.9 Å². The summed E-state index contributed by atoms with van der Waals surface area (Å²) >= 11 is 0. The average Bonchev–Trinajstić information content (AvgIpc) is 3.18. The smallest absolute Gasteiger partial charge is 0.237 e. The molecule has 0 bridgehead atoms. The first-order chi connectivity index (χ1) is 13.2. The van der Waals surface area contributed by atoms with Crippen LogP contribution in [0.25, 0.3) is 0 Å². The molecule has 2 aromatic rings. The summed E-state index contributed by atoms with van der Waals surface area (Å²) in [6.07, 6.45) is 7.80. The Hall–Kier alpha value is -2.67. The van der Waals surface area contributed by atoms with Crippen LogP contribution in [0.15, 0.2) is 47.5 Å². The van der Waals surface area contributed by atoms with E-state index < -0.39 is 6.04 Å². The van der Waals surface area contributed by atoms with Gasteiger partial charge in [0, 0.05) is 50.7 Å². The van der Waals surface area contributed by atoms with Gasteiger partial charge in [-0.25, -0.2) is 0 Å². The first-order valence-corrected chi connectivity index (χ1v) is 9.37. The number of furan rings is 1. The number of carbonyl (C=O) groups is 2. The lowest BCUT2D eigenvalue weighted by atomic mass is 10.1. The van der Waals surface area contributed by atoms with Gasteiger partial charge in [-0.05, 0) is 30.2 Å². The molecule has 0 radical (unpaired) electrons. The molecule has 0 unspecified atom stereocenters. The Morgan fingerprint density at radius 1 is 1.33 bits per heavy atom. The number of nitrogens with zero attached hydrogens (tertiary/aromatic N) is 3. The minimum atomic E-state index is -0.460. The lowest BCUT2D eigenvalue weighted by molar-refractivity contribution is -0.139. The molecular formula is C20H26N4O3. The Labute approximate surface area is 159 Å². The van der Waals surface area contributed by atoms with Crippen molar-refractivity contribution in [1.29, 1.82) is 0 Å². The molecule has 144 valence electrons. The lowest BCUT2D eigenvalue weighted by Gasteiger charge is -2.35. The molecule has 1 saturated heterocycles. The zero-order chi connectivity index (χ0) is 19.1. The van der Waals surface area contributed by atoms with E-state index in [4.69, 9.17) is 4.42 Å². The van der Waals surface area contributed by atoms with E-state index in [0.717, 1.165) is 17.5 Å². The van der Waals surface area contributed by atoms with Crippen LogP contribution in [-0.2, 0) is 22.7 Å². The molecule has 1 fully saturated rings. The highest BCUT2D eigenvalue weighted by molar-refractivity contribution is 5.88. The summed E-state index contributed by atoms with van der Waals surface area (Å²) in [5.74, 6) is -0.0913. The molecule has 7 nitrogen and oxygen atoms in total. The number of nitrogens with one attached hydrogen (secondary N) is 1. The number of pyridine rings is 1. The molecule has 3 rings (SSSR count). The molecule has 1 aliphatic heterocycles. The van der Waals surface area contributed by atoms with Gasteiger partial charge < -0.3 is 14.6 Å². The summed E-state index contributed by atoms with van der Waals surface area (Å²) in [7, 11) is 0. The predicted molar refractivity (Wildman–Crippen MR) is 100 cm³/mol. The van der Waals surface area contributed by atoms with E-state index in [2.05, 4.69) is 15.2 Å². The molecule has 1 aliphatic rings. The number of amides is 2. The molecule has 1 atom stereocenters. The van der Waals surface area contributed by atoms with E-state index in [-0.39, 0.29) is 18.2 Å². The molecule has 0 saturated carbocycles. The van der Waals surface area contributed by atoms with Crippen LogP contribution >= 0.6 is 0 Å². The fourth-order valence-electron chi connectivity index (χ4n) is 3.36. The van der Waals surface area contributed by atoms with Gasteiger partial charge in [-0.15, -0.1) is 0 Å². The third-order valence-electron chi connectivity index (χ3n) is 4.74. The Balaban J connectivity index is 1.68. The predicted octanol–water partition coefficient (Wildman–Crippen LogP) is 1.80. The van der Waals surface area contributed by atoms with Crippen LogP contribution < -0.4 is 5.32 Å². The number of carbonyl (C=O) groups excluding carboxylic acids is 2. The van der Waals surface area contributed by atoms with Gasteiger partial charge in [0.05, 0.1) is 25.0 Å². The van der Waals surface area contributed by atoms with Crippen LogP contribution in [0.2, 0.25) is 0 Å². The molecule has 2 amide bonds. The van der Waals surface area contributed by atoms with Crippen molar-refractivity contribution in [3.05, 3.63) is 54.2 Å². The summed E-state index contributed by atoms with van der Waals surface area (Å²) in [6.45, 7) is 5.15. The molecule has 3 heterocycles. The largest absolute Gasteiger partial charge is 0.472 e. The van der Waals surface area contributed by atoms with Crippen molar-refractivity contribution in [2.24, 2.45) is 0 Å². The van der Waals surface area contributed by atoms with Crippen molar-refractivity contribution in [1.82, 2.24) is 20.1 Å². The van der Waals surface area contributed by atoms with Gasteiger partial charge in [-0.3, -0.25) is 19.5 Å². The SMILES string of the molecule is CCCN(Cc1ccncc1)C(=O)C[C@H]1C(=O)NCCN1Cc1ccoc1. The number of aromatic nitrogens is 1. The van der Waals surface area contributed by atoms with Crippen molar-refractivity contribution in [2.75, 3.05) is 19.6 Å². The molecule has 2 aromatic heterocycles. The maximum Gasteiger partial charge on any atom is 0.237 e. The van der Waals surface area contributed by atoms with E-state index >= 15 is 0 Å². The van der Waals surface area contributed by atoms with Crippen molar-refractivity contribution < 1.29 is 14.0 Å². The van der Waals surface area contributed by atoms with Crippen LogP contribution in [0, 0.1) is 0 Å². The first kappa shape index (κ1) is 19.1. The Bertz CT molecular complexity index is 733. The van der Waals surface area contributed by atoms with Gasteiger partial charge in [-0.2, -0.15) is 0 Å². The minimum Gasteiger partial charge on any atom is -0.472 e. The second-order valence-electron chi connectivity index (χ2n) is 6.78. The first-order valence-electron chi connectivity index (χ1n) is 9.37.